The van der Waals surface area contributed by atoms with Gasteiger partial charge in [-0.25, -0.2) is 0 Å². The van der Waals surface area contributed by atoms with Gasteiger partial charge in [-0.3, -0.25) is 9.98 Å². The van der Waals surface area contributed by atoms with Gasteiger partial charge in [0.25, 0.3) is 0 Å². The molecule has 0 radical (unpaired) electrons. The van der Waals surface area contributed by atoms with E-state index in [1.54, 1.807) is 0 Å². The minimum absolute atomic E-state index is 0. The zero-order chi connectivity index (χ0) is 45.5. The first-order valence-electron chi connectivity index (χ1n) is 28.4. The van der Waals surface area contributed by atoms with Gasteiger partial charge in [-0.05, 0) is 87.5 Å². The van der Waals surface area contributed by atoms with Crippen molar-refractivity contribution in [2.75, 3.05) is 0 Å². The largest absolute Gasteiger partial charge is 0.255 e. The normalized spacial score (nSPS) is 12.1. The summed E-state index contributed by atoms with van der Waals surface area (Å²) < 4.78 is 0. The number of rotatable bonds is 46. The summed E-state index contributed by atoms with van der Waals surface area (Å²) in [6, 6.07) is 17.5. The molecule has 0 aliphatic heterocycles. The maximum Gasteiger partial charge on any atom is 0.0665 e. The first-order valence-corrected chi connectivity index (χ1v) is 28.4. The molecule has 0 heterocycles. The SMILES string of the molecule is CCCCCCCCCCCCCCCCCC/C=C/CCc1ccccc1N=CC(CCCC)=Nc1ccccc1CC/C=C/CCCCCCCCCCCCCCCCCC.[Pd]. The predicted molar refractivity (Wildman–Crippen MR) is 291 cm³/mol. The summed E-state index contributed by atoms with van der Waals surface area (Å²) >= 11 is 0. The van der Waals surface area contributed by atoms with Crippen molar-refractivity contribution in [3.8, 4) is 0 Å². The molecule has 2 rings (SSSR count). The molecule has 372 valence electrons. The van der Waals surface area contributed by atoms with E-state index in [2.05, 4.69) is 99.8 Å². The molecule has 0 bridgehead atoms. The first-order chi connectivity index (χ1) is 31.8. The molecule has 0 fully saturated rings. The summed E-state index contributed by atoms with van der Waals surface area (Å²) in [5.74, 6) is 0. The number of unbranched alkanes of at least 4 members (excludes halogenated alkanes) is 33. The van der Waals surface area contributed by atoms with Crippen LogP contribution in [0.1, 0.15) is 282 Å². The second-order valence-corrected chi connectivity index (χ2v) is 19.4. The quantitative estimate of drug-likeness (QED) is 0.0273. The Morgan fingerprint density at radius 1 is 0.354 bits per heavy atom. The number of aliphatic imine (C=N–C) groups is 2. The van der Waals surface area contributed by atoms with Gasteiger partial charge in [-0.2, -0.15) is 0 Å². The molecule has 65 heavy (non-hydrogen) atoms. The van der Waals surface area contributed by atoms with Crippen LogP contribution in [0.3, 0.4) is 0 Å². The van der Waals surface area contributed by atoms with E-state index in [0.717, 1.165) is 62.0 Å². The molecular weight excluding hydrogens is 879 g/mol. The summed E-state index contributed by atoms with van der Waals surface area (Å²) in [6.07, 6.45) is 67.3. The molecule has 0 N–H and O–H groups in total. The molecule has 0 spiro atoms. The third kappa shape index (κ3) is 37.6. The van der Waals surface area contributed by atoms with Crippen LogP contribution in [-0.2, 0) is 33.3 Å². The van der Waals surface area contributed by atoms with E-state index in [9.17, 15) is 0 Å². The van der Waals surface area contributed by atoms with Crippen LogP contribution in [-0.4, -0.2) is 11.9 Å². The zero-order valence-corrected chi connectivity index (χ0v) is 44.8. The Morgan fingerprint density at radius 3 is 1.05 bits per heavy atom. The number of benzene rings is 2. The third-order valence-electron chi connectivity index (χ3n) is 13.3. The Morgan fingerprint density at radius 2 is 0.662 bits per heavy atom. The molecule has 0 saturated carbocycles. The van der Waals surface area contributed by atoms with Gasteiger partial charge in [-0.15, -0.1) is 0 Å². The van der Waals surface area contributed by atoms with Crippen LogP contribution in [0.15, 0.2) is 82.8 Å². The first kappa shape index (κ1) is 60.9. The van der Waals surface area contributed by atoms with Gasteiger partial charge in [0.15, 0.2) is 0 Å². The summed E-state index contributed by atoms with van der Waals surface area (Å²) in [4.78, 5) is 10.3. The zero-order valence-electron chi connectivity index (χ0n) is 43.2. The molecule has 3 heteroatoms. The molecule has 0 aliphatic rings. The van der Waals surface area contributed by atoms with Crippen LogP contribution < -0.4 is 0 Å². The number of hydrogen-bond donors (Lipinski definition) is 0. The summed E-state index contributed by atoms with van der Waals surface area (Å²) in [5, 5.41) is 0. The maximum atomic E-state index is 5.23. The molecule has 2 aromatic carbocycles. The number of nitrogens with zero attached hydrogens (tertiary/aromatic N) is 2. The van der Waals surface area contributed by atoms with Crippen LogP contribution in [0.2, 0.25) is 0 Å². The van der Waals surface area contributed by atoms with Crippen LogP contribution in [0.25, 0.3) is 0 Å². The molecule has 2 aromatic rings. The number of para-hydroxylation sites is 2. The van der Waals surface area contributed by atoms with Gasteiger partial charge in [0.1, 0.15) is 0 Å². The van der Waals surface area contributed by atoms with Crippen molar-refractivity contribution in [2.45, 2.75) is 284 Å². The molecule has 0 unspecified atom stereocenters. The van der Waals surface area contributed by atoms with Crippen molar-refractivity contribution in [2.24, 2.45) is 9.98 Å². The molecule has 0 aromatic heterocycles. The average molecular weight is 984 g/mol. The topological polar surface area (TPSA) is 24.7 Å². The number of allylic oxidation sites excluding steroid dienone is 4. The van der Waals surface area contributed by atoms with E-state index in [4.69, 9.17) is 9.98 Å². The van der Waals surface area contributed by atoms with Crippen molar-refractivity contribution in [3.63, 3.8) is 0 Å². The Hall–Kier alpha value is -2.08. The van der Waals surface area contributed by atoms with Crippen LogP contribution in [0.5, 0.6) is 0 Å². The molecule has 0 amide bonds. The van der Waals surface area contributed by atoms with Gasteiger partial charge in [0.05, 0.1) is 17.1 Å². The Labute approximate surface area is 419 Å². The summed E-state index contributed by atoms with van der Waals surface area (Å²) in [7, 11) is 0. The fourth-order valence-corrected chi connectivity index (χ4v) is 9.06. The fraction of sp³-hybridized carbons (Fsp3) is 0.710. The van der Waals surface area contributed by atoms with Gasteiger partial charge >= 0.3 is 0 Å². The minimum atomic E-state index is 0. The minimum Gasteiger partial charge on any atom is -0.255 e. The standard InChI is InChI=1S/C62H104N2.Pd/c1-4-7-10-12-14-16-18-20-22-24-26-28-30-32-34-36-38-40-42-44-50-58-52-46-48-55-61(58)63-57-60(54-9-6-3)64-62-56-49-47-53-59(62)51-45-43-41-39-37-35-33-31-29-27-25-23-21-19-17-15-13-11-8-5-2;/h40-43,46-49,52-53,55-57H,4-39,44-45,50-51,54H2,1-3H3;/b42-40+,43-41+,63-57?,64-60?;. The molecule has 0 saturated heterocycles. The predicted octanol–water partition coefficient (Wildman–Crippen LogP) is 21.6. The third-order valence-corrected chi connectivity index (χ3v) is 13.3. The van der Waals surface area contributed by atoms with E-state index in [-0.39, 0.29) is 20.4 Å². The smallest absolute Gasteiger partial charge is 0.0665 e. The van der Waals surface area contributed by atoms with Gasteiger partial charge in [0, 0.05) is 26.6 Å². The van der Waals surface area contributed by atoms with Crippen LogP contribution in [0, 0.1) is 0 Å². The molecule has 2 nitrogen and oxygen atoms in total. The van der Waals surface area contributed by atoms with Gasteiger partial charge in [0.2, 0.25) is 0 Å². The van der Waals surface area contributed by atoms with Crippen molar-refractivity contribution < 1.29 is 20.4 Å². The van der Waals surface area contributed by atoms with E-state index in [1.807, 2.05) is 0 Å². The van der Waals surface area contributed by atoms with Crippen LogP contribution >= 0.6 is 0 Å². The number of aryl methyl sites for hydroxylation is 2. The summed E-state index contributed by atoms with van der Waals surface area (Å²) in [5.41, 5.74) is 5.94. The maximum absolute atomic E-state index is 5.23. The number of hydrogen-bond acceptors (Lipinski definition) is 2. The van der Waals surface area contributed by atoms with Gasteiger partial charge < -0.3 is 0 Å². The molecule has 0 aliphatic carbocycles. The van der Waals surface area contributed by atoms with E-state index < -0.39 is 0 Å². The summed E-state index contributed by atoms with van der Waals surface area (Å²) in [6.45, 7) is 6.87. The van der Waals surface area contributed by atoms with Crippen molar-refractivity contribution in [1.29, 1.82) is 0 Å². The van der Waals surface area contributed by atoms with Crippen molar-refractivity contribution >= 4 is 23.3 Å². The fourth-order valence-electron chi connectivity index (χ4n) is 9.06. The van der Waals surface area contributed by atoms with E-state index >= 15 is 0 Å². The van der Waals surface area contributed by atoms with E-state index in [0.29, 0.717) is 0 Å². The molecule has 0 atom stereocenters. The van der Waals surface area contributed by atoms with E-state index in [1.165, 1.54) is 229 Å². The Bertz CT molecular complexity index is 1420. The second-order valence-electron chi connectivity index (χ2n) is 19.4. The van der Waals surface area contributed by atoms with Crippen LogP contribution in [0.4, 0.5) is 11.4 Å². The second kappa shape index (κ2) is 48.4. The Kier molecular flexibility index (Phi) is 45.4. The van der Waals surface area contributed by atoms with Crippen molar-refractivity contribution in [1.82, 2.24) is 0 Å². The molecular formula is C62H104N2Pd. The average Bonchev–Trinajstić information content (AvgIpc) is 3.31. The van der Waals surface area contributed by atoms with Crippen molar-refractivity contribution in [3.05, 3.63) is 84.0 Å². The Balaban J connectivity index is 0.0000211. The van der Waals surface area contributed by atoms with Gasteiger partial charge in [-0.1, -0.05) is 281 Å². The monoisotopic (exact) mass is 983 g/mol.